The third-order valence-electron chi connectivity index (χ3n) is 4.38. The lowest BCUT2D eigenvalue weighted by atomic mass is 10.0. The van der Waals surface area contributed by atoms with Crippen LogP contribution in [0.5, 0.6) is 0 Å². The van der Waals surface area contributed by atoms with Gasteiger partial charge in [-0.1, -0.05) is 49.4 Å². The molecule has 1 heterocycles. The molecule has 3 nitrogen and oxygen atoms in total. The molecule has 1 fully saturated rings. The Hall–Kier alpha value is -1.68. The molecule has 1 aliphatic carbocycles. The van der Waals surface area contributed by atoms with Gasteiger partial charge in [-0.05, 0) is 30.5 Å². The molecule has 3 rings (SSSR count). The van der Waals surface area contributed by atoms with E-state index in [9.17, 15) is 14.0 Å². The molecule has 2 aliphatic rings. The maximum absolute atomic E-state index is 13.0. The molecule has 0 spiro atoms. The van der Waals surface area contributed by atoms with Crippen molar-refractivity contribution in [2.75, 3.05) is 0 Å². The number of benzene rings is 1. The third kappa shape index (κ3) is 2.68. The molecule has 1 aromatic rings. The number of carbonyl (C=O) groups excluding carboxylic acids is 2. The number of hydrogen-bond donors (Lipinski definition) is 0. The van der Waals surface area contributed by atoms with Gasteiger partial charge >= 0.3 is 0 Å². The van der Waals surface area contributed by atoms with E-state index in [-0.39, 0.29) is 22.6 Å². The number of imide groups is 1. The van der Waals surface area contributed by atoms with Gasteiger partial charge in [-0.15, -0.1) is 0 Å². The van der Waals surface area contributed by atoms with Crippen molar-refractivity contribution in [1.82, 2.24) is 4.90 Å². The molecular formula is C17H17ClFNO2. The van der Waals surface area contributed by atoms with Crippen LogP contribution in [0.4, 0.5) is 4.39 Å². The zero-order chi connectivity index (χ0) is 15.7. The van der Waals surface area contributed by atoms with Gasteiger partial charge in [0.15, 0.2) is 0 Å². The molecule has 0 bridgehead atoms. The van der Waals surface area contributed by atoms with E-state index in [1.807, 2.05) is 0 Å². The summed E-state index contributed by atoms with van der Waals surface area (Å²) in [5.74, 6) is -1.16. The summed E-state index contributed by atoms with van der Waals surface area (Å²) in [6.45, 7) is 0. The predicted molar refractivity (Wildman–Crippen MR) is 82.5 cm³/mol. The summed E-state index contributed by atoms with van der Waals surface area (Å²) >= 11 is 6.13. The number of amides is 2. The van der Waals surface area contributed by atoms with Crippen molar-refractivity contribution in [2.24, 2.45) is 0 Å². The summed E-state index contributed by atoms with van der Waals surface area (Å²) in [4.78, 5) is 26.4. The Kier molecular flexibility index (Phi) is 4.30. The zero-order valence-corrected chi connectivity index (χ0v) is 12.9. The number of hydrogen-bond acceptors (Lipinski definition) is 2. The van der Waals surface area contributed by atoms with Gasteiger partial charge in [0.05, 0.1) is 5.57 Å². The van der Waals surface area contributed by atoms with Gasteiger partial charge in [-0.25, -0.2) is 4.39 Å². The molecule has 0 unspecified atom stereocenters. The first-order valence-corrected chi connectivity index (χ1v) is 8.01. The second kappa shape index (κ2) is 6.21. The van der Waals surface area contributed by atoms with Crippen molar-refractivity contribution < 1.29 is 14.0 Å². The molecule has 0 radical (unpaired) electrons. The van der Waals surface area contributed by atoms with Gasteiger partial charge in [0, 0.05) is 6.04 Å². The highest BCUT2D eigenvalue weighted by molar-refractivity contribution is 6.55. The van der Waals surface area contributed by atoms with Crippen LogP contribution in [0.1, 0.15) is 44.1 Å². The van der Waals surface area contributed by atoms with Crippen molar-refractivity contribution in [3.63, 3.8) is 0 Å². The van der Waals surface area contributed by atoms with Gasteiger partial charge in [-0.2, -0.15) is 0 Å². The normalized spacial score (nSPS) is 20.7. The van der Waals surface area contributed by atoms with E-state index < -0.39 is 11.7 Å². The van der Waals surface area contributed by atoms with E-state index >= 15 is 0 Å². The molecule has 1 aromatic carbocycles. The minimum absolute atomic E-state index is 0.0548. The SMILES string of the molecule is O=C1C(Cl)=C(c2ccc(F)cc2)C(=O)N1C1CCCCCC1. The van der Waals surface area contributed by atoms with Crippen molar-refractivity contribution in [3.8, 4) is 0 Å². The molecule has 5 heteroatoms. The Bertz CT molecular complexity index is 631. The van der Waals surface area contributed by atoms with Crippen LogP contribution >= 0.6 is 11.6 Å². The van der Waals surface area contributed by atoms with Crippen molar-refractivity contribution in [2.45, 2.75) is 44.6 Å². The minimum Gasteiger partial charge on any atom is -0.270 e. The number of halogens is 2. The van der Waals surface area contributed by atoms with Crippen LogP contribution in [-0.2, 0) is 9.59 Å². The molecule has 0 atom stereocenters. The maximum Gasteiger partial charge on any atom is 0.273 e. The smallest absolute Gasteiger partial charge is 0.270 e. The van der Waals surface area contributed by atoms with Gasteiger partial charge in [0.1, 0.15) is 10.8 Å². The van der Waals surface area contributed by atoms with Gasteiger partial charge in [-0.3, -0.25) is 14.5 Å². The standard InChI is InChI=1S/C17H17ClFNO2/c18-15-14(11-7-9-12(19)10-8-11)16(21)20(17(15)22)13-5-3-1-2-4-6-13/h7-10,13H,1-6H2. The van der Waals surface area contributed by atoms with E-state index in [1.165, 1.54) is 29.2 Å². The van der Waals surface area contributed by atoms with Crippen molar-refractivity contribution in [1.29, 1.82) is 0 Å². The number of rotatable bonds is 2. The summed E-state index contributed by atoms with van der Waals surface area (Å²) in [6, 6.07) is 5.41. The van der Waals surface area contributed by atoms with Gasteiger partial charge in [0.25, 0.3) is 11.8 Å². The van der Waals surface area contributed by atoms with E-state index in [0.29, 0.717) is 5.56 Å². The molecule has 0 N–H and O–H groups in total. The molecule has 0 aromatic heterocycles. The summed E-state index contributed by atoms with van der Waals surface area (Å²) in [6.07, 6.45) is 5.98. The Labute approximate surface area is 133 Å². The Morgan fingerprint density at radius 2 is 1.55 bits per heavy atom. The van der Waals surface area contributed by atoms with Crippen LogP contribution in [0.2, 0.25) is 0 Å². The first-order chi connectivity index (χ1) is 10.6. The fourth-order valence-corrected chi connectivity index (χ4v) is 3.51. The molecular weight excluding hydrogens is 305 g/mol. The molecule has 2 amide bonds. The van der Waals surface area contributed by atoms with E-state index in [4.69, 9.17) is 11.6 Å². The fourth-order valence-electron chi connectivity index (χ4n) is 3.23. The van der Waals surface area contributed by atoms with Crippen molar-refractivity contribution >= 4 is 29.0 Å². The van der Waals surface area contributed by atoms with Crippen LogP contribution in [-0.4, -0.2) is 22.8 Å². The monoisotopic (exact) mass is 321 g/mol. The topological polar surface area (TPSA) is 37.4 Å². The highest BCUT2D eigenvalue weighted by Crippen LogP contribution is 2.35. The lowest BCUT2D eigenvalue weighted by Crippen LogP contribution is -2.40. The number of nitrogens with zero attached hydrogens (tertiary/aromatic N) is 1. The summed E-state index contributed by atoms with van der Waals surface area (Å²) in [5.41, 5.74) is 0.678. The highest BCUT2D eigenvalue weighted by atomic mass is 35.5. The highest BCUT2D eigenvalue weighted by Gasteiger charge is 2.41. The molecule has 22 heavy (non-hydrogen) atoms. The average Bonchev–Trinajstić information content (AvgIpc) is 2.70. The van der Waals surface area contributed by atoms with E-state index in [2.05, 4.69) is 0 Å². The molecule has 1 saturated carbocycles. The molecule has 116 valence electrons. The minimum atomic E-state index is -0.419. The van der Waals surface area contributed by atoms with Crippen LogP contribution in [0.15, 0.2) is 29.3 Å². The van der Waals surface area contributed by atoms with Crippen LogP contribution in [0, 0.1) is 5.82 Å². The first-order valence-electron chi connectivity index (χ1n) is 7.63. The Morgan fingerprint density at radius 1 is 0.955 bits per heavy atom. The second-order valence-corrected chi connectivity index (χ2v) is 6.20. The predicted octanol–water partition coefficient (Wildman–Crippen LogP) is 3.87. The summed E-state index contributed by atoms with van der Waals surface area (Å²) in [7, 11) is 0. The average molecular weight is 322 g/mol. The maximum atomic E-state index is 13.0. The summed E-state index contributed by atoms with van der Waals surface area (Å²) in [5, 5.41) is -0.0548. The molecule has 0 saturated heterocycles. The Morgan fingerprint density at radius 3 is 2.14 bits per heavy atom. The quantitative estimate of drug-likeness (QED) is 0.612. The van der Waals surface area contributed by atoms with Crippen LogP contribution in [0.25, 0.3) is 5.57 Å². The van der Waals surface area contributed by atoms with Crippen LogP contribution in [0.3, 0.4) is 0 Å². The Balaban J connectivity index is 1.91. The first kappa shape index (κ1) is 15.2. The van der Waals surface area contributed by atoms with Gasteiger partial charge in [0.2, 0.25) is 0 Å². The second-order valence-electron chi connectivity index (χ2n) is 5.82. The fraction of sp³-hybridized carbons (Fsp3) is 0.412. The number of carbonyl (C=O) groups is 2. The molecule has 1 aliphatic heterocycles. The van der Waals surface area contributed by atoms with Crippen molar-refractivity contribution in [3.05, 3.63) is 40.7 Å². The van der Waals surface area contributed by atoms with E-state index in [1.54, 1.807) is 0 Å². The zero-order valence-electron chi connectivity index (χ0n) is 12.1. The lowest BCUT2D eigenvalue weighted by Gasteiger charge is -2.25. The summed E-state index contributed by atoms with van der Waals surface area (Å²) < 4.78 is 13.0. The van der Waals surface area contributed by atoms with Crippen LogP contribution < -0.4 is 0 Å². The van der Waals surface area contributed by atoms with E-state index in [0.717, 1.165) is 38.5 Å². The van der Waals surface area contributed by atoms with Gasteiger partial charge < -0.3 is 0 Å². The third-order valence-corrected chi connectivity index (χ3v) is 4.73. The lowest BCUT2D eigenvalue weighted by molar-refractivity contribution is -0.139. The largest absolute Gasteiger partial charge is 0.273 e.